The summed E-state index contributed by atoms with van der Waals surface area (Å²) in [5.41, 5.74) is 6.38. The van der Waals surface area contributed by atoms with Crippen molar-refractivity contribution in [3.05, 3.63) is 70.7 Å². The highest BCUT2D eigenvalue weighted by molar-refractivity contribution is 5.77. The molecule has 2 aromatic carbocycles. The number of amides is 1. The molecule has 0 bridgehead atoms. The van der Waals surface area contributed by atoms with Crippen molar-refractivity contribution >= 4 is 5.91 Å². The molecular formula is C22H19F6N5O. The molecule has 0 saturated heterocycles. The molecule has 180 valence electrons. The van der Waals surface area contributed by atoms with Crippen LogP contribution in [0.25, 0.3) is 11.3 Å². The highest BCUT2D eigenvalue weighted by Gasteiger charge is 2.31. The van der Waals surface area contributed by atoms with Crippen LogP contribution in [0.15, 0.2) is 36.4 Å². The first-order valence-corrected chi connectivity index (χ1v) is 10.3. The summed E-state index contributed by atoms with van der Waals surface area (Å²) in [7, 11) is 0. The van der Waals surface area contributed by atoms with Gasteiger partial charge in [0.25, 0.3) is 0 Å². The van der Waals surface area contributed by atoms with Crippen molar-refractivity contribution in [1.29, 1.82) is 0 Å². The van der Waals surface area contributed by atoms with Gasteiger partial charge >= 0.3 is 6.18 Å². The third-order valence-electron chi connectivity index (χ3n) is 5.61. The zero-order valence-electron chi connectivity index (χ0n) is 17.6. The minimum Gasteiger partial charge on any atom is -0.335 e. The summed E-state index contributed by atoms with van der Waals surface area (Å²) in [6.07, 6.45) is -4.80. The van der Waals surface area contributed by atoms with Crippen LogP contribution in [0.5, 0.6) is 0 Å². The lowest BCUT2D eigenvalue weighted by Crippen LogP contribution is -2.41. The number of halogens is 6. The fourth-order valence-electron chi connectivity index (χ4n) is 3.83. The second-order valence-corrected chi connectivity index (χ2v) is 8.02. The number of benzene rings is 2. The van der Waals surface area contributed by atoms with E-state index in [0.717, 1.165) is 18.2 Å². The van der Waals surface area contributed by atoms with Crippen molar-refractivity contribution in [2.24, 2.45) is 5.73 Å². The van der Waals surface area contributed by atoms with Crippen LogP contribution >= 0.6 is 0 Å². The van der Waals surface area contributed by atoms with E-state index in [2.05, 4.69) is 10.3 Å². The molecule has 0 fully saturated rings. The van der Waals surface area contributed by atoms with Crippen LogP contribution in [0.2, 0.25) is 0 Å². The zero-order chi connectivity index (χ0) is 24.6. The molecular weight excluding hydrogens is 464 g/mol. The van der Waals surface area contributed by atoms with E-state index < -0.39 is 35.2 Å². The van der Waals surface area contributed by atoms with E-state index in [4.69, 9.17) is 5.73 Å². The van der Waals surface area contributed by atoms with Crippen molar-refractivity contribution in [1.82, 2.24) is 19.9 Å². The van der Waals surface area contributed by atoms with E-state index >= 15 is 0 Å². The quantitative estimate of drug-likeness (QED) is 0.444. The van der Waals surface area contributed by atoms with Crippen LogP contribution in [0.3, 0.4) is 0 Å². The van der Waals surface area contributed by atoms with E-state index in [0.29, 0.717) is 36.1 Å². The Morgan fingerprint density at radius 2 is 1.71 bits per heavy atom. The van der Waals surface area contributed by atoms with Crippen LogP contribution in [0, 0.1) is 17.5 Å². The molecule has 12 heteroatoms. The summed E-state index contributed by atoms with van der Waals surface area (Å²) in [5.74, 6) is -3.81. The largest absolute Gasteiger partial charge is 0.416 e. The van der Waals surface area contributed by atoms with Gasteiger partial charge in [0.05, 0.1) is 24.3 Å². The van der Waals surface area contributed by atoms with E-state index in [1.165, 1.54) is 17.0 Å². The lowest BCUT2D eigenvalue weighted by Gasteiger charge is -2.28. The minimum absolute atomic E-state index is 0.106. The number of nitrogens with zero attached hydrogens (tertiary/aromatic N) is 4. The number of carbonyl (C=O) groups is 1. The van der Waals surface area contributed by atoms with Gasteiger partial charge in [0.15, 0.2) is 11.6 Å². The van der Waals surface area contributed by atoms with Crippen LogP contribution in [-0.4, -0.2) is 38.4 Å². The van der Waals surface area contributed by atoms with E-state index in [1.54, 1.807) is 4.68 Å². The molecule has 1 aliphatic rings. The Balaban J connectivity index is 1.44. The van der Waals surface area contributed by atoms with Gasteiger partial charge in [0.2, 0.25) is 5.91 Å². The van der Waals surface area contributed by atoms with E-state index in [9.17, 15) is 31.1 Å². The highest BCUT2D eigenvalue weighted by atomic mass is 19.4. The average Bonchev–Trinajstić information content (AvgIpc) is 3.20. The SMILES string of the molecule is N[C@@H](CC(=O)N1CCn2nnc(-c3ccc(C(F)(F)F)cc3)c2C1)Cc1cc(F)c(F)cc1F. The lowest BCUT2D eigenvalue weighted by atomic mass is 10.0. The molecule has 6 nitrogen and oxygen atoms in total. The number of aromatic nitrogens is 3. The number of carbonyl (C=O) groups excluding carboxylic acids is 1. The first-order valence-electron chi connectivity index (χ1n) is 10.3. The molecule has 0 aliphatic carbocycles. The Morgan fingerprint density at radius 1 is 1.03 bits per heavy atom. The molecule has 1 aromatic heterocycles. The molecule has 4 rings (SSSR count). The number of fused-ring (bicyclic) bond motifs is 1. The van der Waals surface area contributed by atoms with Gasteiger partial charge in [0.1, 0.15) is 11.5 Å². The highest BCUT2D eigenvalue weighted by Crippen LogP contribution is 2.32. The molecule has 0 unspecified atom stereocenters. The van der Waals surface area contributed by atoms with Gasteiger partial charge in [0, 0.05) is 30.6 Å². The molecule has 1 amide bonds. The Bertz CT molecular complexity index is 1210. The first kappa shape index (κ1) is 23.7. The van der Waals surface area contributed by atoms with Crippen molar-refractivity contribution in [2.45, 2.75) is 38.1 Å². The predicted molar refractivity (Wildman–Crippen MR) is 108 cm³/mol. The standard InChI is InChI=1S/C22H19F6N5O/c23-16-10-18(25)17(24)8-13(16)7-15(29)9-20(34)32-5-6-33-19(11-32)21(30-31-33)12-1-3-14(4-2-12)22(26,27)28/h1-4,8,10,15H,5-7,9,11,29H2/t15-/m1/s1. The predicted octanol–water partition coefficient (Wildman–Crippen LogP) is 3.68. The third kappa shape index (κ3) is 4.91. The van der Waals surface area contributed by atoms with Crippen molar-refractivity contribution < 1.29 is 31.1 Å². The van der Waals surface area contributed by atoms with Gasteiger partial charge in [-0.15, -0.1) is 5.10 Å². The lowest BCUT2D eigenvalue weighted by molar-refractivity contribution is -0.137. The number of alkyl halides is 3. The average molecular weight is 483 g/mol. The van der Waals surface area contributed by atoms with Gasteiger partial charge in [-0.25, -0.2) is 17.9 Å². The summed E-state index contributed by atoms with van der Waals surface area (Å²) in [5, 5.41) is 8.07. The molecule has 0 spiro atoms. The number of nitrogens with two attached hydrogens (primary N) is 1. The minimum atomic E-state index is -4.46. The fraction of sp³-hybridized carbons (Fsp3) is 0.318. The Labute approximate surface area is 190 Å². The molecule has 1 atom stereocenters. The van der Waals surface area contributed by atoms with Gasteiger partial charge in [-0.1, -0.05) is 17.3 Å². The van der Waals surface area contributed by atoms with E-state index in [1.807, 2.05) is 0 Å². The Morgan fingerprint density at radius 3 is 2.38 bits per heavy atom. The van der Waals surface area contributed by atoms with Gasteiger partial charge in [-0.3, -0.25) is 4.79 Å². The summed E-state index contributed by atoms with van der Waals surface area (Å²) < 4.78 is 80.5. The Kier molecular flexibility index (Phi) is 6.34. The second kappa shape index (κ2) is 9.09. The monoisotopic (exact) mass is 483 g/mol. The molecule has 1 aliphatic heterocycles. The van der Waals surface area contributed by atoms with Gasteiger partial charge in [-0.05, 0) is 30.2 Å². The molecule has 0 saturated carbocycles. The normalized spacial score (nSPS) is 14.7. The van der Waals surface area contributed by atoms with Crippen LogP contribution in [0.1, 0.15) is 23.2 Å². The number of rotatable bonds is 5. The molecule has 2 heterocycles. The summed E-state index contributed by atoms with van der Waals surface area (Å²) in [6, 6.07) is 4.79. The van der Waals surface area contributed by atoms with E-state index in [-0.39, 0.29) is 30.9 Å². The topological polar surface area (TPSA) is 77.0 Å². The van der Waals surface area contributed by atoms with Crippen molar-refractivity contribution in [3.8, 4) is 11.3 Å². The van der Waals surface area contributed by atoms with Crippen LogP contribution < -0.4 is 5.73 Å². The summed E-state index contributed by atoms with van der Waals surface area (Å²) >= 11 is 0. The third-order valence-corrected chi connectivity index (χ3v) is 5.61. The maximum absolute atomic E-state index is 13.9. The van der Waals surface area contributed by atoms with Gasteiger partial charge in [-0.2, -0.15) is 13.2 Å². The van der Waals surface area contributed by atoms with Crippen molar-refractivity contribution in [3.63, 3.8) is 0 Å². The Hall–Kier alpha value is -3.41. The maximum Gasteiger partial charge on any atom is 0.416 e. The second-order valence-electron chi connectivity index (χ2n) is 8.02. The molecule has 3 aromatic rings. The zero-order valence-corrected chi connectivity index (χ0v) is 17.6. The smallest absolute Gasteiger partial charge is 0.335 e. The number of hydrogen-bond acceptors (Lipinski definition) is 4. The van der Waals surface area contributed by atoms with Crippen molar-refractivity contribution in [2.75, 3.05) is 6.54 Å². The van der Waals surface area contributed by atoms with Crippen LogP contribution in [0.4, 0.5) is 26.3 Å². The van der Waals surface area contributed by atoms with Gasteiger partial charge < -0.3 is 10.6 Å². The first-order chi connectivity index (χ1) is 16.0. The fourth-order valence-corrected chi connectivity index (χ4v) is 3.83. The summed E-state index contributed by atoms with van der Waals surface area (Å²) in [4.78, 5) is 14.3. The molecule has 0 radical (unpaired) electrons. The molecule has 34 heavy (non-hydrogen) atoms. The van der Waals surface area contributed by atoms with Crippen LogP contribution in [-0.2, 0) is 30.5 Å². The molecule has 2 N–H and O–H groups in total. The summed E-state index contributed by atoms with van der Waals surface area (Å²) in [6.45, 7) is 0.726. The number of hydrogen-bond donors (Lipinski definition) is 1. The maximum atomic E-state index is 13.9.